The third-order valence-corrected chi connectivity index (χ3v) is 2.60. The largest absolute Gasteiger partial charge is 0.350 e. The summed E-state index contributed by atoms with van der Waals surface area (Å²) in [5, 5.41) is 5.99. The number of benzene rings is 1. The summed E-state index contributed by atoms with van der Waals surface area (Å²) in [7, 11) is 3.80. The molecule has 1 rings (SSSR count). The van der Waals surface area contributed by atoms with E-state index in [0.29, 0.717) is 12.5 Å². The molecule has 6 heteroatoms. The van der Waals surface area contributed by atoms with E-state index in [4.69, 9.17) is 0 Å². The minimum Gasteiger partial charge on any atom is -0.350 e. The molecule has 1 aromatic carbocycles. The van der Waals surface area contributed by atoms with Crippen LogP contribution in [-0.2, 0) is 11.3 Å². The van der Waals surface area contributed by atoms with Gasteiger partial charge in [-0.2, -0.15) is 0 Å². The zero-order valence-electron chi connectivity index (χ0n) is 14.0. The van der Waals surface area contributed by atoms with Crippen LogP contribution in [0.15, 0.2) is 35.3 Å². The summed E-state index contributed by atoms with van der Waals surface area (Å²) in [4.78, 5) is 18.2. The van der Waals surface area contributed by atoms with Crippen molar-refractivity contribution in [1.82, 2.24) is 15.5 Å². The summed E-state index contributed by atoms with van der Waals surface area (Å²) in [6, 6.07) is 10.0. The van der Waals surface area contributed by atoms with Crippen LogP contribution in [0.5, 0.6) is 0 Å². The molecule has 1 aromatic rings. The van der Waals surface area contributed by atoms with Gasteiger partial charge in [-0.3, -0.25) is 4.79 Å². The van der Waals surface area contributed by atoms with Gasteiger partial charge in [0.1, 0.15) is 0 Å². The van der Waals surface area contributed by atoms with Crippen LogP contribution in [0.1, 0.15) is 26.3 Å². The maximum Gasteiger partial charge on any atom is 0.239 e. The number of hydrogen-bond acceptors (Lipinski definition) is 2. The number of amides is 1. The van der Waals surface area contributed by atoms with Gasteiger partial charge in [0, 0.05) is 19.6 Å². The molecule has 0 heterocycles. The number of halogens is 1. The Morgan fingerprint density at radius 2 is 1.77 bits per heavy atom. The molecule has 0 bridgehead atoms. The van der Waals surface area contributed by atoms with Crippen molar-refractivity contribution < 1.29 is 4.79 Å². The second-order valence-corrected chi connectivity index (χ2v) is 6.17. The fourth-order valence-corrected chi connectivity index (χ4v) is 1.73. The van der Waals surface area contributed by atoms with Gasteiger partial charge in [-0.15, -0.1) is 24.0 Å². The van der Waals surface area contributed by atoms with E-state index in [1.807, 2.05) is 70.1 Å². The number of carbonyl (C=O) groups excluding carboxylic acids is 1. The molecule has 0 aliphatic heterocycles. The lowest BCUT2D eigenvalue weighted by molar-refractivity contribution is -0.121. The average molecular weight is 418 g/mol. The smallest absolute Gasteiger partial charge is 0.239 e. The third kappa shape index (κ3) is 8.86. The number of hydrogen-bond donors (Lipinski definition) is 2. The molecular weight excluding hydrogens is 391 g/mol. The molecular formula is C16H27IN4O. The molecule has 5 nitrogen and oxygen atoms in total. The highest BCUT2D eigenvalue weighted by Gasteiger charge is 2.14. The van der Waals surface area contributed by atoms with Crippen molar-refractivity contribution in [3.63, 3.8) is 0 Å². The SMILES string of the molecule is CN(C)C(=NCc1ccccc1)NCC(=O)NC(C)(C)C.I. The summed E-state index contributed by atoms with van der Waals surface area (Å²) < 4.78 is 0. The number of nitrogens with one attached hydrogen (secondary N) is 2. The zero-order valence-corrected chi connectivity index (χ0v) is 16.3. The maximum absolute atomic E-state index is 11.8. The van der Waals surface area contributed by atoms with Gasteiger partial charge >= 0.3 is 0 Å². The first kappa shape index (κ1) is 20.7. The molecule has 1 amide bonds. The Bertz CT molecular complexity index is 481. The van der Waals surface area contributed by atoms with Gasteiger partial charge in [0.15, 0.2) is 5.96 Å². The van der Waals surface area contributed by atoms with Gasteiger partial charge in [-0.05, 0) is 26.3 Å². The fourth-order valence-electron chi connectivity index (χ4n) is 1.73. The van der Waals surface area contributed by atoms with Gasteiger partial charge in [0.05, 0.1) is 13.1 Å². The molecule has 0 aliphatic rings. The van der Waals surface area contributed by atoms with Crippen molar-refractivity contribution in [1.29, 1.82) is 0 Å². The summed E-state index contributed by atoms with van der Waals surface area (Å²) in [6.45, 7) is 6.68. The quantitative estimate of drug-likeness (QED) is 0.448. The lowest BCUT2D eigenvalue weighted by atomic mass is 10.1. The van der Waals surface area contributed by atoms with E-state index in [2.05, 4.69) is 15.6 Å². The predicted octanol–water partition coefficient (Wildman–Crippen LogP) is 2.23. The Kier molecular flexibility index (Phi) is 9.08. The standard InChI is InChI=1S/C16H26N4O.HI/c1-16(2,3)19-14(21)12-18-15(20(4)5)17-11-13-9-7-6-8-10-13;/h6-10H,11-12H2,1-5H3,(H,17,18)(H,19,21);1H. The molecule has 0 radical (unpaired) electrons. The maximum atomic E-state index is 11.8. The molecule has 0 aromatic heterocycles. The summed E-state index contributed by atoms with van der Waals surface area (Å²) >= 11 is 0. The van der Waals surface area contributed by atoms with Crippen LogP contribution < -0.4 is 10.6 Å². The van der Waals surface area contributed by atoms with Crippen LogP contribution in [0, 0.1) is 0 Å². The van der Waals surface area contributed by atoms with Gasteiger partial charge in [0.25, 0.3) is 0 Å². The Hall–Kier alpha value is -1.31. The normalized spacial score (nSPS) is 11.4. The first-order valence-electron chi connectivity index (χ1n) is 7.08. The van der Waals surface area contributed by atoms with Gasteiger partial charge in [-0.25, -0.2) is 4.99 Å². The van der Waals surface area contributed by atoms with Crippen LogP contribution in [0.3, 0.4) is 0 Å². The average Bonchev–Trinajstić information content (AvgIpc) is 2.37. The van der Waals surface area contributed by atoms with Crippen LogP contribution in [-0.4, -0.2) is 42.9 Å². The van der Waals surface area contributed by atoms with Crippen molar-refractivity contribution in [3.8, 4) is 0 Å². The summed E-state index contributed by atoms with van der Waals surface area (Å²) in [5.74, 6) is 0.652. The van der Waals surface area contributed by atoms with Gasteiger partial charge in [-0.1, -0.05) is 30.3 Å². The minimum absolute atomic E-state index is 0. The Balaban J connectivity index is 0.00000441. The Labute approximate surface area is 150 Å². The van der Waals surface area contributed by atoms with E-state index in [0.717, 1.165) is 5.56 Å². The van der Waals surface area contributed by atoms with Crippen LogP contribution in [0.4, 0.5) is 0 Å². The first-order chi connectivity index (χ1) is 9.78. The molecule has 0 saturated heterocycles. The number of guanidine groups is 1. The molecule has 0 spiro atoms. The summed E-state index contributed by atoms with van der Waals surface area (Å²) in [6.07, 6.45) is 0. The number of rotatable bonds is 4. The second kappa shape index (κ2) is 9.66. The molecule has 0 unspecified atom stereocenters. The van der Waals surface area contributed by atoms with Crippen LogP contribution >= 0.6 is 24.0 Å². The van der Waals surface area contributed by atoms with Gasteiger partial charge in [0.2, 0.25) is 5.91 Å². The van der Waals surface area contributed by atoms with Crippen molar-refractivity contribution in [2.24, 2.45) is 4.99 Å². The van der Waals surface area contributed by atoms with Crippen molar-refractivity contribution in [2.75, 3.05) is 20.6 Å². The monoisotopic (exact) mass is 418 g/mol. The van der Waals surface area contributed by atoms with Gasteiger partial charge < -0.3 is 15.5 Å². The molecule has 22 heavy (non-hydrogen) atoms. The molecule has 0 atom stereocenters. The Morgan fingerprint density at radius 3 is 2.27 bits per heavy atom. The molecule has 0 fully saturated rings. The number of carbonyl (C=O) groups is 1. The van der Waals surface area contributed by atoms with Crippen LogP contribution in [0.2, 0.25) is 0 Å². The fraction of sp³-hybridized carbons (Fsp3) is 0.500. The third-order valence-electron chi connectivity index (χ3n) is 2.60. The van der Waals surface area contributed by atoms with E-state index >= 15 is 0 Å². The first-order valence-corrected chi connectivity index (χ1v) is 7.08. The molecule has 124 valence electrons. The highest BCUT2D eigenvalue weighted by atomic mass is 127. The lowest BCUT2D eigenvalue weighted by Gasteiger charge is -2.22. The highest BCUT2D eigenvalue weighted by Crippen LogP contribution is 2.01. The van der Waals surface area contributed by atoms with Crippen molar-refractivity contribution in [3.05, 3.63) is 35.9 Å². The molecule has 0 saturated carbocycles. The number of nitrogens with zero attached hydrogens (tertiary/aromatic N) is 2. The molecule has 0 aliphatic carbocycles. The second-order valence-electron chi connectivity index (χ2n) is 6.17. The lowest BCUT2D eigenvalue weighted by Crippen LogP contribution is -2.47. The van der Waals surface area contributed by atoms with E-state index in [9.17, 15) is 4.79 Å². The minimum atomic E-state index is -0.224. The Morgan fingerprint density at radius 1 is 1.18 bits per heavy atom. The van der Waals surface area contributed by atoms with E-state index in [-0.39, 0.29) is 42.0 Å². The summed E-state index contributed by atoms with van der Waals surface area (Å²) in [5.41, 5.74) is 0.913. The van der Waals surface area contributed by atoms with E-state index < -0.39 is 0 Å². The van der Waals surface area contributed by atoms with E-state index in [1.165, 1.54) is 0 Å². The predicted molar refractivity (Wildman–Crippen MR) is 103 cm³/mol. The van der Waals surface area contributed by atoms with E-state index in [1.54, 1.807) is 0 Å². The number of aliphatic imine (C=N–C) groups is 1. The zero-order chi connectivity index (χ0) is 15.9. The molecule has 2 N–H and O–H groups in total. The van der Waals surface area contributed by atoms with Crippen molar-refractivity contribution in [2.45, 2.75) is 32.9 Å². The van der Waals surface area contributed by atoms with Crippen LogP contribution in [0.25, 0.3) is 0 Å². The highest BCUT2D eigenvalue weighted by molar-refractivity contribution is 14.0. The van der Waals surface area contributed by atoms with Crippen molar-refractivity contribution >= 4 is 35.8 Å². The topological polar surface area (TPSA) is 56.7 Å².